The van der Waals surface area contributed by atoms with Crippen LogP contribution in [0.1, 0.15) is 29.9 Å². The van der Waals surface area contributed by atoms with E-state index in [1.165, 1.54) is 6.20 Å². The van der Waals surface area contributed by atoms with Crippen LogP contribution >= 0.6 is 0 Å². The van der Waals surface area contributed by atoms with Crippen molar-refractivity contribution in [2.75, 3.05) is 19.8 Å². The van der Waals surface area contributed by atoms with Crippen molar-refractivity contribution in [3.63, 3.8) is 0 Å². The summed E-state index contributed by atoms with van der Waals surface area (Å²) < 4.78 is 10.8. The van der Waals surface area contributed by atoms with Crippen LogP contribution in [0.3, 0.4) is 0 Å². The number of carboxylic acids is 1. The minimum absolute atomic E-state index is 0.0736. The van der Waals surface area contributed by atoms with Crippen LogP contribution in [0.25, 0.3) is 0 Å². The van der Waals surface area contributed by atoms with E-state index in [-0.39, 0.29) is 5.56 Å². The molecule has 0 radical (unpaired) electrons. The number of ether oxygens (including phenoxy) is 2. The molecule has 1 aromatic heterocycles. The molecule has 1 heterocycles. The van der Waals surface area contributed by atoms with Gasteiger partial charge in [0.15, 0.2) is 0 Å². The van der Waals surface area contributed by atoms with Gasteiger partial charge in [-0.25, -0.2) is 4.79 Å². The highest BCUT2D eigenvalue weighted by molar-refractivity contribution is 5.90. The summed E-state index contributed by atoms with van der Waals surface area (Å²) in [6.45, 7) is 7.36. The zero-order chi connectivity index (χ0) is 13.5. The van der Waals surface area contributed by atoms with Crippen LogP contribution in [0, 0.1) is 12.8 Å². The third-order valence-corrected chi connectivity index (χ3v) is 2.17. The van der Waals surface area contributed by atoms with Crippen LogP contribution in [0.5, 0.6) is 5.75 Å². The van der Waals surface area contributed by atoms with Gasteiger partial charge in [-0.3, -0.25) is 4.98 Å². The largest absolute Gasteiger partial charge is 0.490 e. The molecule has 0 fully saturated rings. The summed E-state index contributed by atoms with van der Waals surface area (Å²) in [6.07, 6.45) is 1.31. The number of aryl methyl sites for hydroxylation is 1. The van der Waals surface area contributed by atoms with Crippen molar-refractivity contribution >= 4 is 5.97 Å². The predicted octanol–water partition coefficient (Wildman–Crippen LogP) is 2.14. The van der Waals surface area contributed by atoms with E-state index in [2.05, 4.69) is 18.8 Å². The van der Waals surface area contributed by atoms with Gasteiger partial charge in [0.05, 0.1) is 6.61 Å². The molecule has 5 heteroatoms. The Morgan fingerprint density at radius 3 is 2.78 bits per heavy atom. The second kappa shape index (κ2) is 6.96. The van der Waals surface area contributed by atoms with Crippen molar-refractivity contribution in [2.45, 2.75) is 20.8 Å². The molecular formula is C13H19NO4. The van der Waals surface area contributed by atoms with Gasteiger partial charge in [-0.05, 0) is 12.8 Å². The third-order valence-electron chi connectivity index (χ3n) is 2.17. The highest BCUT2D eigenvalue weighted by Crippen LogP contribution is 2.18. The van der Waals surface area contributed by atoms with Crippen LogP contribution in [0.2, 0.25) is 0 Å². The van der Waals surface area contributed by atoms with Crippen molar-refractivity contribution in [2.24, 2.45) is 5.92 Å². The first kappa shape index (κ1) is 14.4. The molecule has 0 aliphatic heterocycles. The maximum Gasteiger partial charge on any atom is 0.341 e. The number of aromatic carboxylic acids is 1. The maximum atomic E-state index is 11.0. The fourth-order valence-electron chi connectivity index (χ4n) is 1.34. The van der Waals surface area contributed by atoms with Crippen LogP contribution in [-0.2, 0) is 4.74 Å². The van der Waals surface area contributed by atoms with Gasteiger partial charge >= 0.3 is 5.97 Å². The van der Waals surface area contributed by atoms with Crippen LogP contribution in [0.15, 0.2) is 12.3 Å². The second-order valence-electron chi connectivity index (χ2n) is 4.44. The summed E-state index contributed by atoms with van der Waals surface area (Å²) in [5.74, 6) is -0.230. The lowest BCUT2D eigenvalue weighted by molar-refractivity contribution is 0.0677. The fraction of sp³-hybridized carbons (Fsp3) is 0.538. The summed E-state index contributed by atoms with van der Waals surface area (Å²) in [5, 5.41) is 8.98. The van der Waals surface area contributed by atoms with Gasteiger partial charge in [-0.2, -0.15) is 0 Å². The van der Waals surface area contributed by atoms with E-state index in [0.29, 0.717) is 31.5 Å². The molecule has 0 saturated heterocycles. The van der Waals surface area contributed by atoms with E-state index in [9.17, 15) is 4.79 Å². The quantitative estimate of drug-likeness (QED) is 0.754. The Labute approximate surface area is 107 Å². The van der Waals surface area contributed by atoms with Gasteiger partial charge in [0.25, 0.3) is 0 Å². The molecule has 0 bridgehead atoms. The number of pyridine rings is 1. The Morgan fingerprint density at radius 1 is 1.44 bits per heavy atom. The molecule has 0 saturated carbocycles. The Bertz CT molecular complexity index is 404. The number of carbonyl (C=O) groups is 1. The summed E-state index contributed by atoms with van der Waals surface area (Å²) in [6, 6.07) is 1.62. The van der Waals surface area contributed by atoms with Gasteiger partial charge < -0.3 is 14.6 Å². The van der Waals surface area contributed by atoms with Crippen molar-refractivity contribution in [1.82, 2.24) is 4.98 Å². The standard InChI is InChI=1S/C13H19NO4/c1-9(2)8-17-4-5-18-12-6-10(3)14-7-11(12)13(15)16/h6-7,9H,4-5,8H2,1-3H3,(H,15,16). The van der Waals surface area contributed by atoms with Crippen molar-refractivity contribution in [3.05, 3.63) is 23.5 Å². The van der Waals surface area contributed by atoms with Crippen LogP contribution < -0.4 is 4.74 Å². The highest BCUT2D eigenvalue weighted by atomic mass is 16.5. The van der Waals surface area contributed by atoms with Gasteiger partial charge in [-0.1, -0.05) is 13.8 Å². The van der Waals surface area contributed by atoms with E-state index in [0.717, 1.165) is 5.69 Å². The first-order valence-corrected chi connectivity index (χ1v) is 5.91. The number of nitrogens with zero attached hydrogens (tertiary/aromatic N) is 1. The van der Waals surface area contributed by atoms with E-state index < -0.39 is 5.97 Å². The summed E-state index contributed by atoms with van der Waals surface area (Å²) in [7, 11) is 0. The van der Waals surface area contributed by atoms with E-state index in [1.807, 2.05) is 0 Å². The SMILES string of the molecule is Cc1cc(OCCOCC(C)C)c(C(=O)O)cn1. The first-order chi connectivity index (χ1) is 8.50. The summed E-state index contributed by atoms with van der Waals surface area (Å²) in [4.78, 5) is 14.9. The predicted molar refractivity (Wildman–Crippen MR) is 67.1 cm³/mol. The highest BCUT2D eigenvalue weighted by Gasteiger charge is 2.12. The smallest absolute Gasteiger partial charge is 0.341 e. The Kier molecular flexibility index (Phi) is 5.58. The second-order valence-corrected chi connectivity index (χ2v) is 4.44. The maximum absolute atomic E-state index is 11.0. The van der Waals surface area contributed by atoms with Gasteiger partial charge in [0.2, 0.25) is 0 Å². The fourth-order valence-corrected chi connectivity index (χ4v) is 1.34. The molecule has 0 aliphatic rings. The molecular weight excluding hydrogens is 234 g/mol. The zero-order valence-corrected chi connectivity index (χ0v) is 11.0. The molecule has 0 unspecified atom stereocenters. The lowest BCUT2D eigenvalue weighted by atomic mass is 10.2. The molecule has 0 amide bonds. The molecule has 5 nitrogen and oxygen atoms in total. The molecule has 1 aromatic rings. The molecule has 0 spiro atoms. The molecule has 1 rings (SSSR count). The molecule has 0 aromatic carbocycles. The average Bonchev–Trinajstić information content (AvgIpc) is 2.27. The molecule has 0 aliphatic carbocycles. The minimum atomic E-state index is -1.04. The number of hydrogen-bond donors (Lipinski definition) is 1. The van der Waals surface area contributed by atoms with Crippen LogP contribution in [-0.4, -0.2) is 35.9 Å². The third kappa shape index (κ3) is 4.71. The number of rotatable bonds is 7. The van der Waals surface area contributed by atoms with Crippen molar-refractivity contribution < 1.29 is 19.4 Å². The van der Waals surface area contributed by atoms with Crippen LogP contribution in [0.4, 0.5) is 0 Å². The average molecular weight is 253 g/mol. The Morgan fingerprint density at radius 2 is 2.17 bits per heavy atom. The van der Waals surface area contributed by atoms with Gasteiger partial charge in [0.1, 0.15) is 17.9 Å². The normalized spacial score (nSPS) is 10.7. The van der Waals surface area contributed by atoms with E-state index in [4.69, 9.17) is 14.6 Å². The summed E-state index contributed by atoms with van der Waals surface area (Å²) in [5.41, 5.74) is 0.794. The van der Waals surface area contributed by atoms with Gasteiger partial charge in [-0.15, -0.1) is 0 Å². The van der Waals surface area contributed by atoms with Crippen molar-refractivity contribution in [3.8, 4) is 5.75 Å². The molecule has 100 valence electrons. The number of aromatic nitrogens is 1. The topological polar surface area (TPSA) is 68.7 Å². The summed E-state index contributed by atoms with van der Waals surface area (Å²) >= 11 is 0. The molecule has 18 heavy (non-hydrogen) atoms. The number of carboxylic acid groups (broad SMARTS) is 1. The molecule has 1 N–H and O–H groups in total. The molecule has 0 atom stereocenters. The van der Waals surface area contributed by atoms with E-state index >= 15 is 0 Å². The van der Waals surface area contributed by atoms with Gasteiger partial charge in [0, 0.05) is 24.6 Å². The minimum Gasteiger partial charge on any atom is -0.490 e. The monoisotopic (exact) mass is 253 g/mol. The van der Waals surface area contributed by atoms with E-state index in [1.54, 1.807) is 13.0 Å². The Balaban J connectivity index is 2.50. The zero-order valence-electron chi connectivity index (χ0n) is 11.0. The number of hydrogen-bond acceptors (Lipinski definition) is 4. The lowest BCUT2D eigenvalue weighted by Crippen LogP contribution is -2.12. The van der Waals surface area contributed by atoms with Crippen molar-refractivity contribution in [1.29, 1.82) is 0 Å². The first-order valence-electron chi connectivity index (χ1n) is 5.91. The Hall–Kier alpha value is -1.62. The lowest BCUT2D eigenvalue weighted by Gasteiger charge is -2.10.